The molecule has 0 spiro atoms. The molecule has 0 saturated carbocycles. The maximum Gasteiger partial charge on any atom is 0.191 e. The number of benzene rings is 1. The molecule has 24 heavy (non-hydrogen) atoms. The number of methoxy groups -OCH3 is 1. The maximum absolute atomic E-state index is 14.0. The maximum atomic E-state index is 14.0. The lowest BCUT2D eigenvalue weighted by atomic mass is 9.89. The number of guanidine groups is 1. The number of rotatable bonds is 6. The summed E-state index contributed by atoms with van der Waals surface area (Å²) in [6.45, 7) is 7.54. The monoisotopic (exact) mass is 338 g/mol. The Bertz CT molecular complexity index is 552. The zero-order chi connectivity index (χ0) is 18.3. The van der Waals surface area contributed by atoms with Crippen LogP contribution in [0.3, 0.4) is 0 Å². The molecule has 136 valence electrons. The highest BCUT2D eigenvalue weighted by Gasteiger charge is 2.24. The normalized spacial score (nSPS) is 13.6. The lowest BCUT2D eigenvalue weighted by molar-refractivity contribution is 0.0205. The van der Waals surface area contributed by atoms with Crippen LogP contribution < -0.4 is 15.5 Å². The fourth-order valence-corrected chi connectivity index (χ4v) is 2.36. The van der Waals surface area contributed by atoms with Gasteiger partial charge in [-0.05, 0) is 23.1 Å². The average molecular weight is 338 g/mol. The molecule has 0 bridgehead atoms. The van der Waals surface area contributed by atoms with Crippen molar-refractivity contribution in [2.24, 2.45) is 10.4 Å². The van der Waals surface area contributed by atoms with Gasteiger partial charge in [-0.3, -0.25) is 4.99 Å². The average Bonchev–Trinajstić information content (AvgIpc) is 2.49. The summed E-state index contributed by atoms with van der Waals surface area (Å²) in [7, 11) is 7.07. The largest absolute Gasteiger partial charge is 0.379 e. The van der Waals surface area contributed by atoms with Crippen molar-refractivity contribution in [3.63, 3.8) is 0 Å². The molecule has 0 aliphatic rings. The number of halogens is 1. The van der Waals surface area contributed by atoms with Crippen LogP contribution in [0.5, 0.6) is 0 Å². The Kier molecular flexibility index (Phi) is 7.48. The van der Waals surface area contributed by atoms with Crippen molar-refractivity contribution in [2.45, 2.75) is 33.4 Å². The predicted octanol–water partition coefficient (Wildman–Crippen LogP) is 2.62. The van der Waals surface area contributed by atoms with Gasteiger partial charge in [-0.15, -0.1) is 0 Å². The van der Waals surface area contributed by atoms with Crippen LogP contribution in [0.2, 0.25) is 0 Å². The van der Waals surface area contributed by atoms with E-state index >= 15 is 0 Å². The molecule has 2 N–H and O–H groups in total. The first-order chi connectivity index (χ1) is 11.2. The first-order valence-electron chi connectivity index (χ1n) is 8.12. The Morgan fingerprint density at radius 2 is 1.96 bits per heavy atom. The second-order valence-corrected chi connectivity index (χ2v) is 7.08. The minimum Gasteiger partial charge on any atom is -0.379 e. The zero-order valence-corrected chi connectivity index (χ0v) is 15.9. The molecule has 0 aliphatic carbocycles. The van der Waals surface area contributed by atoms with Crippen molar-refractivity contribution in [3.8, 4) is 0 Å². The van der Waals surface area contributed by atoms with Gasteiger partial charge in [-0.1, -0.05) is 26.8 Å². The van der Waals surface area contributed by atoms with E-state index in [1.807, 2.05) is 20.2 Å². The topological polar surface area (TPSA) is 48.9 Å². The highest BCUT2D eigenvalue weighted by molar-refractivity contribution is 5.79. The molecule has 0 heterocycles. The van der Waals surface area contributed by atoms with Gasteiger partial charge in [-0.25, -0.2) is 4.39 Å². The molecule has 1 rings (SSSR count). The summed E-state index contributed by atoms with van der Waals surface area (Å²) in [5.41, 5.74) is 1.47. The van der Waals surface area contributed by atoms with E-state index in [-0.39, 0.29) is 17.3 Å². The number of hydrogen-bond donors (Lipinski definition) is 2. The van der Waals surface area contributed by atoms with E-state index in [1.54, 1.807) is 31.2 Å². The van der Waals surface area contributed by atoms with Gasteiger partial charge in [0.25, 0.3) is 0 Å². The summed E-state index contributed by atoms with van der Waals surface area (Å²) < 4.78 is 19.5. The molecule has 1 atom stereocenters. The van der Waals surface area contributed by atoms with Gasteiger partial charge in [0.05, 0.1) is 11.8 Å². The van der Waals surface area contributed by atoms with Gasteiger partial charge < -0.3 is 20.3 Å². The van der Waals surface area contributed by atoms with Gasteiger partial charge in [0.2, 0.25) is 0 Å². The Morgan fingerprint density at radius 3 is 2.42 bits per heavy atom. The predicted molar refractivity (Wildman–Crippen MR) is 99.2 cm³/mol. The summed E-state index contributed by atoms with van der Waals surface area (Å²) in [6, 6.07) is 5.23. The molecule has 1 aromatic rings. The van der Waals surface area contributed by atoms with E-state index in [4.69, 9.17) is 4.74 Å². The highest BCUT2D eigenvalue weighted by atomic mass is 19.1. The van der Waals surface area contributed by atoms with Crippen LogP contribution in [-0.2, 0) is 11.3 Å². The van der Waals surface area contributed by atoms with Crippen LogP contribution in [0, 0.1) is 11.2 Å². The molecule has 0 amide bonds. The molecule has 5 nitrogen and oxygen atoms in total. The van der Waals surface area contributed by atoms with E-state index in [9.17, 15) is 4.39 Å². The number of aliphatic imine (C=N–C) groups is 1. The van der Waals surface area contributed by atoms with Crippen molar-refractivity contribution < 1.29 is 9.13 Å². The molecule has 6 heteroatoms. The van der Waals surface area contributed by atoms with E-state index in [1.165, 1.54) is 0 Å². The molecule has 1 unspecified atom stereocenters. The fourth-order valence-electron chi connectivity index (χ4n) is 2.36. The van der Waals surface area contributed by atoms with Gasteiger partial charge in [0.1, 0.15) is 5.82 Å². The van der Waals surface area contributed by atoms with Crippen molar-refractivity contribution >= 4 is 11.6 Å². The van der Waals surface area contributed by atoms with Crippen LogP contribution >= 0.6 is 0 Å². The minimum absolute atomic E-state index is 0.0335. The molecular weight excluding hydrogens is 307 g/mol. The molecular formula is C18H31FN4O. The first-order valence-corrected chi connectivity index (χ1v) is 8.12. The molecule has 0 fully saturated rings. The SMILES string of the molecule is CN=C(NCc1ccc(N(C)C)c(F)c1)NCC(OC)C(C)(C)C. The second kappa shape index (κ2) is 8.87. The van der Waals surface area contributed by atoms with Crippen molar-refractivity contribution in [3.05, 3.63) is 29.6 Å². The molecule has 0 aromatic heterocycles. The van der Waals surface area contributed by atoms with Crippen LogP contribution in [-0.4, -0.2) is 46.9 Å². The Hall–Kier alpha value is -1.82. The van der Waals surface area contributed by atoms with Gasteiger partial charge in [0.15, 0.2) is 5.96 Å². The van der Waals surface area contributed by atoms with E-state index in [2.05, 4.69) is 36.4 Å². The molecule has 1 aromatic carbocycles. The summed E-state index contributed by atoms with van der Waals surface area (Å²) >= 11 is 0. The molecule has 0 aliphatic heterocycles. The molecule has 0 radical (unpaired) electrons. The quantitative estimate of drug-likeness (QED) is 0.618. The third kappa shape index (κ3) is 6.00. The van der Waals surface area contributed by atoms with Crippen molar-refractivity contribution in [1.82, 2.24) is 10.6 Å². The van der Waals surface area contributed by atoms with Crippen molar-refractivity contribution in [1.29, 1.82) is 0 Å². The second-order valence-electron chi connectivity index (χ2n) is 7.08. The summed E-state index contributed by atoms with van der Waals surface area (Å²) in [5.74, 6) is 0.438. The summed E-state index contributed by atoms with van der Waals surface area (Å²) in [5, 5.41) is 6.45. The lowest BCUT2D eigenvalue weighted by Crippen LogP contribution is -2.45. The number of hydrogen-bond acceptors (Lipinski definition) is 3. The Morgan fingerprint density at radius 1 is 1.29 bits per heavy atom. The lowest BCUT2D eigenvalue weighted by Gasteiger charge is -2.30. The standard InChI is InChI=1S/C18H31FN4O/c1-18(2,3)16(24-7)12-22-17(20-4)21-11-13-8-9-15(23(5)6)14(19)10-13/h8-10,16H,11-12H2,1-7H3,(H2,20,21,22). The molecule has 0 saturated heterocycles. The zero-order valence-electron chi connectivity index (χ0n) is 15.9. The van der Waals surface area contributed by atoms with E-state index in [0.717, 1.165) is 5.56 Å². The van der Waals surface area contributed by atoms with Crippen LogP contribution in [0.25, 0.3) is 0 Å². The minimum atomic E-state index is -0.227. The highest BCUT2D eigenvalue weighted by Crippen LogP contribution is 2.21. The number of nitrogens with one attached hydrogen (secondary N) is 2. The van der Waals surface area contributed by atoms with Crippen LogP contribution in [0.15, 0.2) is 23.2 Å². The number of anilines is 1. The first kappa shape index (κ1) is 20.2. The van der Waals surface area contributed by atoms with Gasteiger partial charge >= 0.3 is 0 Å². The third-order valence-electron chi connectivity index (χ3n) is 3.88. The smallest absolute Gasteiger partial charge is 0.191 e. The summed E-state index contributed by atoms with van der Waals surface area (Å²) in [6.07, 6.45) is 0.0628. The number of nitrogens with zero attached hydrogens (tertiary/aromatic N) is 2. The Labute approximate surface area is 145 Å². The Balaban J connectivity index is 2.60. The van der Waals surface area contributed by atoms with Gasteiger partial charge in [0, 0.05) is 41.3 Å². The van der Waals surface area contributed by atoms with E-state index < -0.39 is 0 Å². The summed E-state index contributed by atoms with van der Waals surface area (Å²) in [4.78, 5) is 5.95. The van der Waals surface area contributed by atoms with E-state index in [0.29, 0.717) is 24.7 Å². The van der Waals surface area contributed by atoms with Gasteiger partial charge in [-0.2, -0.15) is 0 Å². The number of ether oxygens (including phenoxy) is 1. The van der Waals surface area contributed by atoms with Crippen LogP contribution in [0.1, 0.15) is 26.3 Å². The third-order valence-corrected chi connectivity index (χ3v) is 3.88. The van der Waals surface area contributed by atoms with Crippen LogP contribution in [0.4, 0.5) is 10.1 Å². The fraction of sp³-hybridized carbons (Fsp3) is 0.611. The van der Waals surface area contributed by atoms with Crippen molar-refractivity contribution in [2.75, 3.05) is 39.7 Å².